The highest BCUT2D eigenvalue weighted by Gasteiger charge is 2.25. The van der Waals surface area contributed by atoms with E-state index >= 15 is 0 Å². The van der Waals surface area contributed by atoms with Gasteiger partial charge >= 0.3 is 0 Å². The maximum absolute atomic E-state index is 12.4. The molecule has 1 aliphatic rings. The largest absolute Gasteiger partial charge is 0.508 e. The number of piperidine rings is 1. The molecule has 0 unspecified atom stereocenters. The number of carbonyl (C=O) groups is 1. The molecular weight excluding hydrogens is 326 g/mol. The molecule has 3 rings (SSSR count). The molecule has 0 spiro atoms. The van der Waals surface area contributed by atoms with Crippen LogP contribution in [-0.2, 0) is 4.79 Å². The predicted octanol–water partition coefficient (Wildman–Crippen LogP) is 3.33. The van der Waals surface area contributed by atoms with Gasteiger partial charge < -0.3 is 14.4 Å². The van der Waals surface area contributed by atoms with Crippen molar-refractivity contribution in [1.29, 1.82) is 0 Å². The van der Waals surface area contributed by atoms with Gasteiger partial charge in [-0.05, 0) is 49.9 Å². The third-order valence-electron chi connectivity index (χ3n) is 4.26. The number of phenols is 1. The summed E-state index contributed by atoms with van der Waals surface area (Å²) in [5.74, 6) is 1.02. The molecule has 1 amide bonds. The molecule has 0 aliphatic carbocycles. The van der Waals surface area contributed by atoms with Crippen LogP contribution in [-0.4, -0.2) is 44.5 Å². The van der Waals surface area contributed by atoms with Gasteiger partial charge in [0.15, 0.2) is 0 Å². The molecule has 1 aliphatic heterocycles. The van der Waals surface area contributed by atoms with Crippen LogP contribution in [0.2, 0.25) is 0 Å². The number of nitrogens with zero attached hydrogens (tertiary/aromatic N) is 3. The second-order valence-electron chi connectivity index (χ2n) is 5.85. The van der Waals surface area contributed by atoms with Gasteiger partial charge in [0.1, 0.15) is 5.75 Å². The van der Waals surface area contributed by atoms with E-state index in [1.807, 2.05) is 4.90 Å². The smallest absolute Gasteiger partial charge is 0.277 e. The van der Waals surface area contributed by atoms with Crippen molar-refractivity contribution in [2.24, 2.45) is 0 Å². The van der Waals surface area contributed by atoms with Gasteiger partial charge in [0.05, 0.1) is 5.75 Å². The van der Waals surface area contributed by atoms with Crippen LogP contribution in [0.4, 0.5) is 0 Å². The quantitative estimate of drug-likeness (QED) is 0.836. The number of hydrogen-bond acceptors (Lipinski definition) is 6. The highest BCUT2D eigenvalue weighted by molar-refractivity contribution is 7.99. The lowest BCUT2D eigenvalue weighted by Gasteiger charge is -2.35. The molecule has 1 aromatic carbocycles. The lowest BCUT2D eigenvalue weighted by atomic mass is 10.0. The molecule has 1 N–H and O–H groups in total. The molecule has 0 saturated carbocycles. The normalized spacial score (nSPS) is 17.9. The maximum atomic E-state index is 12.4. The molecule has 1 atom stereocenters. The van der Waals surface area contributed by atoms with Gasteiger partial charge in [0.2, 0.25) is 11.8 Å². The Balaban J connectivity index is 1.59. The Kier molecular flexibility index (Phi) is 5.40. The summed E-state index contributed by atoms with van der Waals surface area (Å²) in [6, 6.07) is 6.92. The maximum Gasteiger partial charge on any atom is 0.277 e. The number of rotatable bonds is 5. The van der Waals surface area contributed by atoms with Gasteiger partial charge in [-0.25, -0.2) is 0 Å². The van der Waals surface area contributed by atoms with Gasteiger partial charge in [-0.3, -0.25) is 4.79 Å². The van der Waals surface area contributed by atoms with Crippen molar-refractivity contribution >= 4 is 17.7 Å². The third-order valence-corrected chi connectivity index (χ3v) is 5.06. The lowest BCUT2D eigenvalue weighted by molar-refractivity contribution is -0.132. The number of phenolic OH excluding ortho intramolecular Hbond substituents is 1. The zero-order chi connectivity index (χ0) is 16.9. The Labute approximate surface area is 145 Å². The number of hydrogen-bond donors (Lipinski definition) is 1. The van der Waals surface area contributed by atoms with Crippen LogP contribution in [0.5, 0.6) is 5.75 Å². The molecule has 2 heterocycles. The van der Waals surface area contributed by atoms with Gasteiger partial charge in [-0.1, -0.05) is 18.7 Å². The topological polar surface area (TPSA) is 79.5 Å². The summed E-state index contributed by atoms with van der Waals surface area (Å²) in [6.45, 7) is 2.98. The van der Waals surface area contributed by atoms with Crippen molar-refractivity contribution in [3.05, 3.63) is 24.3 Å². The van der Waals surface area contributed by atoms with Crippen molar-refractivity contribution in [3.63, 3.8) is 0 Å². The number of aromatic hydroxyl groups is 1. The number of thioether (sulfide) groups is 1. The molecular formula is C17H21N3O3S. The summed E-state index contributed by atoms with van der Waals surface area (Å²) in [4.78, 5) is 14.4. The van der Waals surface area contributed by atoms with Crippen LogP contribution < -0.4 is 0 Å². The summed E-state index contributed by atoms with van der Waals surface area (Å²) in [7, 11) is 0. The Bertz CT molecular complexity index is 687. The molecule has 7 heteroatoms. The second kappa shape index (κ2) is 7.70. The van der Waals surface area contributed by atoms with Gasteiger partial charge in [0.25, 0.3) is 5.22 Å². The monoisotopic (exact) mass is 347 g/mol. The minimum absolute atomic E-state index is 0.135. The number of amides is 1. The van der Waals surface area contributed by atoms with Crippen molar-refractivity contribution < 1.29 is 14.3 Å². The molecule has 0 bridgehead atoms. The molecule has 1 aromatic heterocycles. The van der Waals surface area contributed by atoms with Gasteiger partial charge in [-0.15, -0.1) is 10.2 Å². The fourth-order valence-corrected chi connectivity index (χ4v) is 3.60. The SMILES string of the molecule is CC[C@H]1CCCCN1C(=O)CSc1nnc(-c2ccc(O)cc2)o1. The van der Waals surface area contributed by atoms with Gasteiger partial charge in [-0.2, -0.15) is 0 Å². The average Bonchev–Trinajstić information content (AvgIpc) is 3.09. The fourth-order valence-electron chi connectivity index (χ4n) is 2.95. The van der Waals surface area contributed by atoms with E-state index in [0.717, 1.165) is 31.4 Å². The average molecular weight is 347 g/mol. The van der Waals surface area contributed by atoms with Crippen LogP contribution in [0, 0.1) is 0 Å². The number of carbonyl (C=O) groups excluding carboxylic acids is 1. The summed E-state index contributed by atoms with van der Waals surface area (Å²) < 4.78 is 5.59. The van der Waals surface area contributed by atoms with Crippen molar-refractivity contribution in [3.8, 4) is 17.2 Å². The van der Waals surface area contributed by atoms with E-state index in [0.29, 0.717) is 22.9 Å². The highest BCUT2D eigenvalue weighted by atomic mass is 32.2. The van der Waals surface area contributed by atoms with Crippen molar-refractivity contribution in [1.82, 2.24) is 15.1 Å². The minimum atomic E-state index is 0.135. The molecule has 0 radical (unpaired) electrons. The summed E-state index contributed by atoms with van der Waals surface area (Å²) in [5, 5.41) is 17.7. The zero-order valence-electron chi connectivity index (χ0n) is 13.6. The molecule has 24 heavy (non-hydrogen) atoms. The Morgan fingerprint density at radius 3 is 2.88 bits per heavy atom. The predicted molar refractivity (Wildman–Crippen MR) is 91.8 cm³/mol. The van der Waals surface area contributed by atoms with E-state index in [1.54, 1.807) is 24.3 Å². The first-order valence-electron chi connectivity index (χ1n) is 8.22. The zero-order valence-corrected chi connectivity index (χ0v) is 14.5. The Hall–Kier alpha value is -2.02. The third kappa shape index (κ3) is 3.90. The van der Waals surface area contributed by atoms with E-state index in [4.69, 9.17) is 4.42 Å². The lowest BCUT2D eigenvalue weighted by Crippen LogP contribution is -2.44. The molecule has 128 valence electrons. The summed E-state index contributed by atoms with van der Waals surface area (Å²) in [6.07, 6.45) is 4.38. The van der Waals surface area contributed by atoms with E-state index in [2.05, 4.69) is 17.1 Å². The Morgan fingerprint density at radius 2 is 2.12 bits per heavy atom. The van der Waals surface area contributed by atoms with E-state index in [9.17, 15) is 9.90 Å². The molecule has 1 saturated heterocycles. The first-order chi connectivity index (χ1) is 11.7. The van der Waals surface area contributed by atoms with Crippen LogP contribution in [0.3, 0.4) is 0 Å². The van der Waals surface area contributed by atoms with Crippen molar-refractivity contribution in [2.75, 3.05) is 12.3 Å². The first kappa shape index (κ1) is 16.8. The summed E-state index contributed by atoms with van der Waals surface area (Å²) >= 11 is 1.27. The summed E-state index contributed by atoms with van der Waals surface area (Å²) in [5.41, 5.74) is 0.737. The standard InChI is InChI=1S/C17H21N3O3S/c1-2-13-5-3-4-10-20(13)15(22)11-24-17-19-18-16(23-17)12-6-8-14(21)9-7-12/h6-9,13,21H,2-5,10-11H2,1H3/t13-/m0/s1. The van der Waals surface area contributed by atoms with Crippen molar-refractivity contribution in [2.45, 2.75) is 43.9 Å². The van der Waals surface area contributed by atoms with Crippen LogP contribution in [0.25, 0.3) is 11.5 Å². The van der Waals surface area contributed by atoms with E-state index < -0.39 is 0 Å². The van der Waals surface area contributed by atoms with E-state index in [1.165, 1.54) is 18.2 Å². The number of benzene rings is 1. The van der Waals surface area contributed by atoms with Crippen LogP contribution >= 0.6 is 11.8 Å². The van der Waals surface area contributed by atoms with Crippen LogP contribution in [0.1, 0.15) is 32.6 Å². The number of aromatic nitrogens is 2. The first-order valence-corrected chi connectivity index (χ1v) is 9.21. The number of likely N-dealkylation sites (tertiary alicyclic amines) is 1. The van der Waals surface area contributed by atoms with Crippen LogP contribution in [0.15, 0.2) is 33.9 Å². The van der Waals surface area contributed by atoms with E-state index in [-0.39, 0.29) is 11.7 Å². The second-order valence-corrected chi connectivity index (χ2v) is 6.78. The Morgan fingerprint density at radius 1 is 1.33 bits per heavy atom. The van der Waals surface area contributed by atoms with Gasteiger partial charge in [0, 0.05) is 18.2 Å². The molecule has 6 nitrogen and oxygen atoms in total. The molecule has 1 fully saturated rings. The fraction of sp³-hybridized carbons (Fsp3) is 0.471. The minimum Gasteiger partial charge on any atom is -0.508 e. The highest BCUT2D eigenvalue weighted by Crippen LogP contribution is 2.26. The molecule has 2 aromatic rings.